The van der Waals surface area contributed by atoms with Crippen LogP contribution in [0.25, 0.3) is 39.1 Å². The smallest absolute Gasteiger partial charge is 0.343 e. The molecule has 5 aromatic carbocycles. The van der Waals surface area contributed by atoms with E-state index in [0.717, 1.165) is 50.3 Å². The Morgan fingerprint density at radius 1 is 0.615 bits per heavy atom. The first kappa shape index (κ1) is 23.0. The highest BCUT2D eigenvalue weighted by molar-refractivity contribution is 5.94. The lowest BCUT2D eigenvalue weighted by molar-refractivity contribution is 0.475. The van der Waals surface area contributed by atoms with E-state index in [-0.39, 0.29) is 5.63 Å². The Bertz CT molecular complexity index is 1880. The van der Waals surface area contributed by atoms with Crippen molar-refractivity contribution in [2.24, 2.45) is 0 Å². The van der Waals surface area contributed by atoms with Gasteiger partial charge in [0.25, 0.3) is 0 Å². The standard InChI is InChI=1S/C36H25NO2/c1-2-32-33-21-20-31-23-34(33)36(38)39-35(32)22-24-8-10-26(11-9-24)28-14-18-30(19-15-28)37(31)29-16-12-27(13-17-29)25-6-4-3-5-7-25/h2-21,23H,1,22H2. The van der Waals surface area contributed by atoms with E-state index in [0.29, 0.717) is 17.6 Å². The predicted molar refractivity (Wildman–Crippen MR) is 161 cm³/mol. The molecular weight excluding hydrogens is 478 g/mol. The Kier molecular flexibility index (Phi) is 5.49. The second-order valence-electron chi connectivity index (χ2n) is 9.83. The van der Waals surface area contributed by atoms with Crippen molar-refractivity contribution in [2.45, 2.75) is 6.42 Å². The minimum atomic E-state index is -0.342. The third kappa shape index (κ3) is 4.05. The van der Waals surface area contributed by atoms with Crippen LogP contribution in [-0.4, -0.2) is 0 Å². The summed E-state index contributed by atoms with van der Waals surface area (Å²) in [6, 6.07) is 41.9. The number of anilines is 3. The number of benzene rings is 5. The topological polar surface area (TPSA) is 33.5 Å². The van der Waals surface area contributed by atoms with E-state index < -0.39 is 0 Å². The molecule has 3 nitrogen and oxygen atoms in total. The lowest BCUT2D eigenvalue weighted by atomic mass is 9.97. The van der Waals surface area contributed by atoms with E-state index in [2.05, 4.69) is 102 Å². The van der Waals surface area contributed by atoms with Crippen LogP contribution in [0.3, 0.4) is 0 Å². The zero-order valence-electron chi connectivity index (χ0n) is 21.3. The lowest BCUT2D eigenvalue weighted by Gasteiger charge is -2.26. The van der Waals surface area contributed by atoms with E-state index in [1.165, 1.54) is 5.56 Å². The number of hydrogen-bond acceptors (Lipinski definition) is 3. The fourth-order valence-electron chi connectivity index (χ4n) is 5.49. The molecule has 0 saturated carbocycles. The SMILES string of the molecule is C=Cc1c2oc(=O)c3cc(ccc13)N(c1ccc(-c3ccccc3)cc1)c1ccc(cc1)-c1ccc(cc1)C2. The average Bonchev–Trinajstić information content (AvgIpc) is 2.99. The van der Waals surface area contributed by atoms with E-state index >= 15 is 0 Å². The van der Waals surface area contributed by atoms with Crippen LogP contribution in [0.15, 0.2) is 137 Å². The molecule has 6 aromatic rings. The molecule has 0 N–H and O–H groups in total. The Hall–Kier alpha value is -5.15. The van der Waals surface area contributed by atoms with E-state index in [4.69, 9.17) is 4.42 Å². The van der Waals surface area contributed by atoms with Gasteiger partial charge in [-0.2, -0.15) is 0 Å². The molecule has 0 saturated heterocycles. The molecule has 14 rings (SSSR count). The van der Waals surface area contributed by atoms with Gasteiger partial charge in [0, 0.05) is 29.0 Å². The molecular formula is C36H25NO2. The summed E-state index contributed by atoms with van der Waals surface area (Å²) in [7, 11) is 0. The van der Waals surface area contributed by atoms with E-state index in [9.17, 15) is 4.79 Å². The monoisotopic (exact) mass is 503 g/mol. The Morgan fingerprint density at radius 2 is 1.15 bits per heavy atom. The van der Waals surface area contributed by atoms with Gasteiger partial charge in [-0.15, -0.1) is 0 Å². The maximum absolute atomic E-state index is 13.3. The maximum atomic E-state index is 13.3. The molecule has 0 fully saturated rings. The zero-order chi connectivity index (χ0) is 26.3. The van der Waals surface area contributed by atoms with Gasteiger partial charge in [-0.1, -0.05) is 97.6 Å². The molecule has 0 amide bonds. The first-order chi connectivity index (χ1) is 19.2. The van der Waals surface area contributed by atoms with Gasteiger partial charge in [0.05, 0.1) is 5.39 Å². The van der Waals surface area contributed by atoms with Gasteiger partial charge >= 0.3 is 5.63 Å². The summed E-state index contributed by atoms with van der Waals surface area (Å²) in [6.45, 7) is 4.04. The second kappa shape index (κ2) is 9.30. The van der Waals surface area contributed by atoms with Crippen LogP contribution in [-0.2, 0) is 6.42 Å². The van der Waals surface area contributed by atoms with Crippen LogP contribution in [0.4, 0.5) is 17.1 Å². The first-order valence-corrected chi connectivity index (χ1v) is 13.1. The van der Waals surface area contributed by atoms with Crippen LogP contribution in [0.1, 0.15) is 16.9 Å². The van der Waals surface area contributed by atoms with Gasteiger partial charge in [-0.25, -0.2) is 4.79 Å². The number of hydrogen-bond donors (Lipinski definition) is 0. The molecule has 8 bridgehead atoms. The highest BCUT2D eigenvalue weighted by Gasteiger charge is 2.18. The van der Waals surface area contributed by atoms with Crippen molar-refractivity contribution in [3.63, 3.8) is 0 Å². The van der Waals surface area contributed by atoms with Crippen molar-refractivity contribution in [1.29, 1.82) is 0 Å². The third-order valence-corrected chi connectivity index (χ3v) is 7.50. The molecule has 1 aromatic heterocycles. The van der Waals surface area contributed by atoms with Crippen LogP contribution in [0, 0.1) is 0 Å². The van der Waals surface area contributed by atoms with Gasteiger partial charge in [-0.3, -0.25) is 0 Å². The van der Waals surface area contributed by atoms with Crippen molar-refractivity contribution >= 4 is 33.9 Å². The molecule has 186 valence electrons. The van der Waals surface area contributed by atoms with Crippen molar-refractivity contribution < 1.29 is 4.42 Å². The van der Waals surface area contributed by atoms with Crippen LogP contribution < -0.4 is 10.5 Å². The average molecular weight is 504 g/mol. The van der Waals surface area contributed by atoms with Crippen molar-refractivity contribution in [2.75, 3.05) is 4.90 Å². The van der Waals surface area contributed by atoms with Gasteiger partial charge in [0.1, 0.15) is 5.76 Å². The second-order valence-corrected chi connectivity index (χ2v) is 9.83. The summed E-state index contributed by atoms with van der Waals surface area (Å²) in [5, 5.41) is 1.38. The number of rotatable bonds is 3. The minimum Gasteiger partial charge on any atom is -0.426 e. The van der Waals surface area contributed by atoms with E-state index in [1.807, 2.05) is 30.3 Å². The molecule has 0 radical (unpaired) electrons. The summed E-state index contributed by atoms with van der Waals surface area (Å²) in [4.78, 5) is 15.5. The summed E-state index contributed by atoms with van der Waals surface area (Å²) >= 11 is 0. The van der Waals surface area contributed by atoms with E-state index in [1.54, 1.807) is 6.08 Å². The summed E-state index contributed by atoms with van der Waals surface area (Å²) in [5.74, 6) is 0.631. The maximum Gasteiger partial charge on any atom is 0.343 e. The molecule has 8 aliphatic heterocycles. The molecule has 39 heavy (non-hydrogen) atoms. The molecule has 0 unspecified atom stereocenters. The molecule has 0 spiro atoms. The minimum absolute atomic E-state index is 0.342. The third-order valence-electron chi connectivity index (χ3n) is 7.50. The summed E-state index contributed by atoms with van der Waals surface area (Å²) < 4.78 is 5.90. The largest absolute Gasteiger partial charge is 0.426 e. The van der Waals surface area contributed by atoms with Crippen molar-refractivity contribution in [1.82, 2.24) is 0 Å². The molecule has 0 aliphatic carbocycles. The molecule has 3 heteroatoms. The summed E-state index contributed by atoms with van der Waals surface area (Å²) in [5.41, 5.74) is 9.08. The summed E-state index contributed by atoms with van der Waals surface area (Å²) in [6.07, 6.45) is 2.31. The first-order valence-electron chi connectivity index (χ1n) is 13.1. The fourth-order valence-corrected chi connectivity index (χ4v) is 5.49. The zero-order valence-corrected chi connectivity index (χ0v) is 21.3. The Labute approximate surface area is 226 Å². The van der Waals surface area contributed by atoms with Crippen LogP contribution in [0.2, 0.25) is 0 Å². The van der Waals surface area contributed by atoms with Gasteiger partial charge in [0.2, 0.25) is 0 Å². The Morgan fingerprint density at radius 3 is 1.74 bits per heavy atom. The van der Waals surface area contributed by atoms with Crippen molar-refractivity contribution in [3.8, 4) is 22.3 Å². The van der Waals surface area contributed by atoms with Crippen molar-refractivity contribution in [3.05, 3.63) is 155 Å². The lowest BCUT2D eigenvalue weighted by Crippen LogP contribution is -2.12. The highest BCUT2D eigenvalue weighted by atomic mass is 16.4. The van der Waals surface area contributed by atoms with Gasteiger partial charge in [-0.05, 0) is 69.6 Å². The molecule has 0 atom stereocenters. The highest BCUT2D eigenvalue weighted by Crippen LogP contribution is 2.38. The quantitative estimate of drug-likeness (QED) is 0.241. The predicted octanol–water partition coefficient (Wildman–Crippen LogP) is 9.14. The normalized spacial score (nSPS) is 12.2. The van der Waals surface area contributed by atoms with Gasteiger partial charge in [0.15, 0.2) is 0 Å². The Balaban J connectivity index is 1.46. The number of nitrogens with zero attached hydrogens (tertiary/aromatic N) is 1. The van der Waals surface area contributed by atoms with Crippen LogP contribution in [0.5, 0.6) is 0 Å². The molecule has 9 heterocycles. The van der Waals surface area contributed by atoms with Gasteiger partial charge < -0.3 is 9.32 Å². The van der Waals surface area contributed by atoms with Crippen LogP contribution >= 0.6 is 0 Å². The fraction of sp³-hybridized carbons (Fsp3) is 0.0278. The molecule has 8 aliphatic rings.